The van der Waals surface area contributed by atoms with E-state index in [4.69, 9.17) is 9.47 Å². The summed E-state index contributed by atoms with van der Waals surface area (Å²) < 4.78 is 41.0. The predicted molar refractivity (Wildman–Crippen MR) is 159 cm³/mol. The number of pyridine rings is 1. The van der Waals surface area contributed by atoms with Crippen molar-refractivity contribution in [3.05, 3.63) is 119 Å². The molecule has 5 rings (SSSR count). The van der Waals surface area contributed by atoms with Crippen LogP contribution in [0.15, 0.2) is 107 Å². The molecule has 3 aromatic carbocycles. The number of nitrogens with zero attached hydrogens (tertiary/aromatic N) is 1. The second kappa shape index (κ2) is 13.1. The lowest BCUT2D eigenvalue weighted by Gasteiger charge is -2.41. The average molecular weight is 607 g/mol. The Morgan fingerprint density at radius 2 is 1.62 bits per heavy atom. The minimum absolute atomic E-state index is 0.0667. The van der Waals surface area contributed by atoms with Gasteiger partial charge < -0.3 is 19.7 Å². The van der Waals surface area contributed by atoms with Gasteiger partial charge in [0.1, 0.15) is 5.03 Å². The Labute approximate surface area is 248 Å². The van der Waals surface area contributed by atoms with Crippen LogP contribution < -0.4 is 4.72 Å². The molecule has 1 fully saturated rings. The van der Waals surface area contributed by atoms with Gasteiger partial charge in [-0.1, -0.05) is 61.5 Å². The second-order valence-corrected chi connectivity index (χ2v) is 12.5. The maximum atomic E-state index is 12.7. The normalized spacial score (nSPS) is 20.6. The van der Waals surface area contributed by atoms with Gasteiger partial charge >= 0.3 is 5.97 Å². The van der Waals surface area contributed by atoms with E-state index in [0.29, 0.717) is 22.0 Å². The third-order valence-corrected chi connectivity index (χ3v) is 9.49. The predicted octanol–water partition coefficient (Wildman–Crippen LogP) is 5.66. The largest absolute Gasteiger partial charge is 0.478 e. The van der Waals surface area contributed by atoms with Crippen molar-refractivity contribution < 1.29 is 32.9 Å². The molecular formula is C31H30N2O7S2. The molecule has 0 aliphatic carbocycles. The van der Waals surface area contributed by atoms with E-state index in [1.54, 1.807) is 54.7 Å². The third kappa shape index (κ3) is 6.83. The first kappa shape index (κ1) is 29.7. The highest BCUT2D eigenvalue weighted by Gasteiger charge is 2.38. The highest BCUT2D eigenvalue weighted by molar-refractivity contribution is 7.99. The van der Waals surface area contributed by atoms with Gasteiger partial charge in [-0.05, 0) is 47.5 Å². The van der Waals surface area contributed by atoms with E-state index in [1.807, 2.05) is 31.2 Å². The number of hydrogen-bond donors (Lipinski definition) is 3. The van der Waals surface area contributed by atoms with Gasteiger partial charge in [0, 0.05) is 29.1 Å². The Kier molecular flexibility index (Phi) is 9.24. The number of aliphatic hydroxyl groups excluding tert-OH is 1. The minimum atomic E-state index is -3.74. The van der Waals surface area contributed by atoms with E-state index >= 15 is 0 Å². The third-order valence-electron chi connectivity index (χ3n) is 7.00. The SMILES string of the molecule is CC1C(CSc2ncccc2C(=O)O)OC(c2ccc(NS(=O)(=O)c3ccccc3)cc2)OC1c1ccc(CO)cc1. The number of benzene rings is 3. The molecule has 42 heavy (non-hydrogen) atoms. The Morgan fingerprint density at radius 3 is 2.29 bits per heavy atom. The molecule has 0 radical (unpaired) electrons. The Balaban J connectivity index is 1.38. The molecule has 0 amide bonds. The van der Waals surface area contributed by atoms with Gasteiger partial charge in [-0.2, -0.15) is 0 Å². The van der Waals surface area contributed by atoms with Gasteiger partial charge in [0.25, 0.3) is 10.0 Å². The van der Waals surface area contributed by atoms with E-state index < -0.39 is 22.3 Å². The lowest BCUT2D eigenvalue weighted by Crippen LogP contribution is -2.38. The van der Waals surface area contributed by atoms with Crippen molar-refractivity contribution in [2.24, 2.45) is 5.92 Å². The fourth-order valence-corrected chi connectivity index (χ4v) is 6.89. The number of hydrogen-bond acceptors (Lipinski definition) is 8. The summed E-state index contributed by atoms with van der Waals surface area (Å²) in [5.74, 6) is -0.727. The quantitative estimate of drug-likeness (QED) is 0.196. The molecule has 0 bridgehead atoms. The first-order valence-corrected chi connectivity index (χ1v) is 15.7. The molecule has 3 N–H and O–H groups in total. The number of carboxylic acid groups (broad SMARTS) is 1. The standard InChI is InChI=1S/C31H30N2O7S2/c1-20-27(19-41-29-26(30(35)36)8-5-17-32-29)39-31(40-28(20)22-11-9-21(18-34)10-12-22)23-13-15-24(16-14-23)33-42(37,38)25-6-3-2-4-7-25/h2-17,20,27-28,31,33-34H,18-19H2,1H3,(H,35,36). The summed E-state index contributed by atoms with van der Waals surface area (Å²) in [6, 6.07) is 25.6. The fraction of sp³-hybridized carbons (Fsp3) is 0.226. The van der Waals surface area contributed by atoms with Gasteiger partial charge in [0.2, 0.25) is 0 Å². The van der Waals surface area contributed by atoms with E-state index in [0.717, 1.165) is 11.1 Å². The van der Waals surface area contributed by atoms with Crippen LogP contribution in [0, 0.1) is 5.92 Å². The summed E-state index contributed by atoms with van der Waals surface area (Å²) in [5, 5.41) is 19.5. The van der Waals surface area contributed by atoms with E-state index in [1.165, 1.54) is 30.0 Å². The summed E-state index contributed by atoms with van der Waals surface area (Å²) in [5.41, 5.74) is 2.92. The maximum absolute atomic E-state index is 12.7. The molecular weight excluding hydrogens is 576 g/mol. The number of aliphatic hydroxyl groups is 1. The van der Waals surface area contributed by atoms with Crippen molar-refractivity contribution in [1.82, 2.24) is 4.98 Å². The van der Waals surface area contributed by atoms with Gasteiger partial charge in [-0.25, -0.2) is 18.2 Å². The van der Waals surface area contributed by atoms with Crippen molar-refractivity contribution in [3.8, 4) is 0 Å². The minimum Gasteiger partial charge on any atom is -0.478 e. The number of ether oxygens (including phenoxy) is 2. The van der Waals surface area contributed by atoms with Crippen molar-refractivity contribution >= 4 is 33.4 Å². The van der Waals surface area contributed by atoms with Crippen molar-refractivity contribution in [2.45, 2.75) is 42.0 Å². The molecule has 1 aliphatic rings. The lowest BCUT2D eigenvalue weighted by atomic mass is 9.91. The molecule has 4 atom stereocenters. The molecule has 9 nitrogen and oxygen atoms in total. The van der Waals surface area contributed by atoms with Crippen molar-refractivity contribution in [3.63, 3.8) is 0 Å². The number of thioether (sulfide) groups is 1. The summed E-state index contributed by atoms with van der Waals surface area (Å²) in [6.07, 6.45) is 0.0966. The van der Waals surface area contributed by atoms with Gasteiger partial charge in [-0.3, -0.25) is 4.72 Å². The molecule has 1 aromatic heterocycles. The second-order valence-electron chi connectivity index (χ2n) is 9.83. The molecule has 4 aromatic rings. The highest BCUT2D eigenvalue weighted by Crippen LogP contribution is 2.43. The fourth-order valence-electron chi connectivity index (χ4n) is 4.66. The Hall–Kier alpha value is -3.74. The van der Waals surface area contributed by atoms with Crippen LogP contribution in [0.4, 0.5) is 5.69 Å². The first-order chi connectivity index (χ1) is 20.2. The van der Waals surface area contributed by atoms with Crippen LogP contribution in [-0.2, 0) is 26.1 Å². The van der Waals surface area contributed by atoms with Gasteiger partial charge in [0.05, 0.1) is 29.3 Å². The van der Waals surface area contributed by atoms with Crippen molar-refractivity contribution in [1.29, 1.82) is 0 Å². The Bertz CT molecular complexity index is 1620. The van der Waals surface area contributed by atoms with Crippen LogP contribution in [0.25, 0.3) is 0 Å². The van der Waals surface area contributed by atoms with Crippen molar-refractivity contribution in [2.75, 3.05) is 10.5 Å². The lowest BCUT2D eigenvalue weighted by molar-refractivity contribution is -0.268. The molecule has 11 heteroatoms. The zero-order chi connectivity index (χ0) is 29.7. The number of rotatable bonds is 10. The topological polar surface area (TPSA) is 135 Å². The molecule has 1 saturated heterocycles. The summed E-state index contributed by atoms with van der Waals surface area (Å²) in [7, 11) is -3.74. The number of carboxylic acids is 1. The smallest absolute Gasteiger partial charge is 0.338 e. The van der Waals surface area contributed by atoms with Crippen LogP contribution in [0.1, 0.15) is 46.4 Å². The van der Waals surface area contributed by atoms with Gasteiger partial charge in [0.15, 0.2) is 6.29 Å². The highest BCUT2D eigenvalue weighted by atomic mass is 32.2. The maximum Gasteiger partial charge on any atom is 0.338 e. The van der Waals surface area contributed by atoms with Crippen LogP contribution in [0.5, 0.6) is 0 Å². The van der Waals surface area contributed by atoms with Crippen LogP contribution in [-0.4, -0.2) is 41.4 Å². The molecule has 0 saturated carbocycles. The van der Waals surface area contributed by atoms with E-state index in [9.17, 15) is 23.4 Å². The number of aromatic carboxylic acids is 1. The van der Waals surface area contributed by atoms with Crippen LogP contribution in [0.3, 0.4) is 0 Å². The number of carbonyl (C=O) groups is 1. The van der Waals surface area contributed by atoms with E-state index in [2.05, 4.69) is 9.71 Å². The summed E-state index contributed by atoms with van der Waals surface area (Å²) in [4.78, 5) is 16.1. The average Bonchev–Trinajstić information content (AvgIpc) is 3.01. The molecule has 4 unspecified atom stereocenters. The van der Waals surface area contributed by atoms with E-state index in [-0.39, 0.29) is 35.2 Å². The number of sulfonamides is 1. The molecule has 218 valence electrons. The summed E-state index contributed by atoms with van der Waals surface area (Å²) >= 11 is 1.31. The Morgan fingerprint density at radius 1 is 0.929 bits per heavy atom. The molecule has 0 spiro atoms. The zero-order valence-corrected chi connectivity index (χ0v) is 24.3. The zero-order valence-electron chi connectivity index (χ0n) is 22.7. The monoisotopic (exact) mass is 606 g/mol. The van der Waals surface area contributed by atoms with Crippen LogP contribution in [0.2, 0.25) is 0 Å². The molecule has 1 aliphatic heterocycles. The number of anilines is 1. The molecule has 2 heterocycles. The first-order valence-electron chi connectivity index (χ1n) is 13.2. The number of aromatic nitrogens is 1. The number of nitrogens with one attached hydrogen (secondary N) is 1. The van der Waals surface area contributed by atoms with Gasteiger partial charge in [-0.15, -0.1) is 11.8 Å². The summed E-state index contributed by atoms with van der Waals surface area (Å²) in [6.45, 7) is 1.95. The van der Waals surface area contributed by atoms with Crippen LogP contribution >= 0.6 is 11.8 Å².